The molecule has 25 heavy (non-hydrogen) atoms. The van der Waals surface area contributed by atoms with Gasteiger partial charge in [0, 0.05) is 19.5 Å². The monoisotopic (exact) mass is 356 g/mol. The third-order valence-corrected chi connectivity index (χ3v) is 4.25. The first kappa shape index (κ1) is 18.9. The highest BCUT2D eigenvalue weighted by atomic mass is 32.1. The second kappa shape index (κ2) is 9.79. The lowest BCUT2D eigenvalue weighted by Crippen LogP contribution is -2.42. The first-order valence-corrected chi connectivity index (χ1v) is 8.92. The number of amides is 1. The SMILES string of the molecule is CCN(CC)C(=S)NC(=O)c1ccccc1OCCc1ccccc1. The van der Waals surface area contributed by atoms with E-state index in [9.17, 15) is 4.79 Å². The van der Waals surface area contributed by atoms with Gasteiger partial charge in [-0.2, -0.15) is 0 Å². The molecule has 0 aliphatic rings. The third-order valence-electron chi connectivity index (χ3n) is 3.89. The van der Waals surface area contributed by atoms with Crippen LogP contribution in [0.2, 0.25) is 0 Å². The van der Waals surface area contributed by atoms with Gasteiger partial charge in [-0.15, -0.1) is 0 Å². The zero-order valence-corrected chi connectivity index (χ0v) is 15.5. The van der Waals surface area contributed by atoms with Gasteiger partial charge in [0.2, 0.25) is 0 Å². The van der Waals surface area contributed by atoms with E-state index in [1.54, 1.807) is 12.1 Å². The molecule has 0 fully saturated rings. The van der Waals surface area contributed by atoms with Crippen molar-refractivity contribution < 1.29 is 9.53 Å². The Kier molecular flexibility index (Phi) is 7.41. The van der Waals surface area contributed by atoms with Gasteiger partial charge in [-0.3, -0.25) is 10.1 Å². The summed E-state index contributed by atoms with van der Waals surface area (Å²) in [4.78, 5) is 14.5. The van der Waals surface area contributed by atoms with E-state index in [0.29, 0.717) is 23.0 Å². The van der Waals surface area contributed by atoms with Gasteiger partial charge in [0.1, 0.15) is 5.75 Å². The number of rotatable bonds is 7. The number of benzene rings is 2. The highest BCUT2D eigenvalue weighted by Crippen LogP contribution is 2.18. The fourth-order valence-electron chi connectivity index (χ4n) is 2.46. The van der Waals surface area contributed by atoms with E-state index in [2.05, 4.69) is 17.4 Å². The third kappa shape index (κ3) is 5.57. The van der Waals surface area contributed by atoms with Gasteiger partial charge < -0.3 is 9.64 Å². The molecule has 1 amide bonds. The average Bonchev–Trinajstić information content (AvgIpc) is 2.64. The van der Waals surface area contributed by atoms with E-state index in [0.717, 1.165) is 19.5 Å². The number of nitrogens with one attached hydrogen (secondary N) is 1. The van der Waals surface area contributed by atoms with Crippen LogP contribution in [0.3, 0.4) is 0 Å². The highest BCUT2D eigenvalue weighted by molar-refractivity contribution is 7.80. The first-order chi connectivity index (χ1) is 12.2. The summed E-state index contributed by atoms with van der Waals surface area (Å²) in [7, 11) is 0. The number of nitrogens with zero attached hydrogens (tertiary/aromatic N) is 1. The Bertz CT molecular complexity index is 700. The van der Waals surface area contributed by atoms with Gasteiger partial charge in [0.25, 0.3) is 5.91 Å². The molecule has 2 rings (SSSR count). The summed E-state index contributed by atoms with van der Waals surface area (Å²) >= 11 is 5.30. The Balaban J connectivity index is 1.99. The van der Waals surface area contributed by atoms with Gasteiger partial charge in [-0.05, 0) is 43.8 Å². The summed E-state index contributed by atoms with van der Waals surface area (Å²) < 4.78 is 5.84. The van der Waals surface area contributed by atoms with E-state index < -0.39 is 0 Å². The Hall–Kier alpha value is -2.40. The number of thiocarbonyl (C=S) groups is 1. The molecule has 0 radical (unpaired) electrons. The molecule has 0 unspecified atom stereocenters. The van der Waals surface area contributed by atoms with Gasteiger partial charge in [-0.1, -0.05) is 42.5 Å². The van der Waals surface area contributed by atoms with Crippen LogP contribution in [0.25, 0.3) is 0 Å². The molecule has 0 aromatic heterocycles. The topological polar surface area (TPSA) is 41.6 Å². The van der Waals surface area contributed by atoms with Crippen molar-refractivity contribution in [2.45, 2.75) is 20.3 Å². The van der Waals surface area contributed by atoms with Crippen LogP contribution in [0.5, 0.6) is 5.75 Å². The summed E-state index contributed by atoms with van der Waals surface area (Å²) in [5.74, 6) is 0.325. The maximum atomic E-state index is 12.5. The van der Waals surface area contributed by atoms with Crippen molar-refractivity contribution in [3.8, 4) is 5.75 Å². The maximum absolute atomic E-state index is 12.5. The van der Waals surface area contributed by atoms with Gasteiger partial charge in [-0.25, -0.2) is 0 Å². The highest BCUT2D eigenvalue weighted by Gasteiger charge is 2.15. The van der Waals surface area contributed by atoms with Crippen molar-refractivity contribution in [2.24, 2.45) is 0 Å². The molecule has 0 aliphatic carbocycles. The van der Waals surface area contributed by atoms with Crippen LogP contribution in [0.4, 0.5) is 0 Å². The molecule has 1 N–H and O–H groups in total. The minimum atomic E-state index is -0.243. The fraction of sp³-hybridized carbons (Fsp3) is 0.300. The number of ether oxygens (including phenoxy) is 1. The van der Waals surface area contributed by atoms with Crippen molar-refractivity contribution in [1.29, 1.82) is 0 Å². The molecule has 2 aromatic rings. The standard InChI is InChI=1S/C20H24N2O2S/c1-3-22(4-2)20(25)21-19(23)17-12-8-9-13-18(17)24-15-14-16-10-6-5-7-11-16/h5-13H,3-4,14-15H2,1-2H3,(H,21,23,25). The molecule has 4 nitrogen and oxygen atoms in total. The van der Waals surface area contributed by atoms with Crippen LogP contribution in [-0.2, 0) is 6.42 Å². The zero-order valence-electron chi connectivity index (χ0n) is 14.7. The van der Waals surface area contributed by atoms with Crippen molar-refractivity contribution in [3.05, 3.63) is 65.7 Å². The second-order valence-electron chi connectivity index (χ2n) is 5.51. The molecule has 0 bridgehead atoms. The van der Waals surface area contributed by atoms with Crippen molar-refractivity contribution in [3.63, 3.8) is 0 Å². The predicted octanol–water partition coefficient (Wildman–Crippen LogP) is 3.66. The van der Waals surface area contributed by atoms with Crippen LogP contribution >= 0.6 is 12.2 Å². The molecule has 0 atom stereocenters. The summed E-state index contributed by atoms with van der Waals surface area (Å²) in [6.07, 6.45) is 0.786. The number of carbonyl (C=O) groups excluding carboxylic acids is 1. The summed E-state index contributed by atoms with van der Waals surface area (Å²) in [5, 5.41) is 3.22. The Morgan fingerprint density at radius 2 is 1.68 bits per heavy atom. The lowest BCUT2D eigenvalue weighted by atomic mass is 10.1. The molecule has 0 saturated carbocycles. The van der Waals surface area contributed by atoms with Crippen LogP contribution in [0, 0.1) is 0 Å². The van der Waals surface area contributed by atoms with E-state index in [-0.39, 0.29) is 5.91 Å². The maximum Gasteiger partial charge on any atom is 0.261 e. The second-order valence-corrected chi connectivity index (χ2v) is 5.90. The summed E-state index contributed by atoms with van der Waals surface area (Å²) in [6, 6.07) is 17.3. The average molecular weight is 356 g/mol. The molecule has 0 saturated heterocycles. The minimum Gasteiger partial charge on any atom is -0.492 e. The molecule has 0 aliphatic heterocycles. The molecule has 0 heterocycles. The number of para-hydroxylation sites is 1. The molecule has 2 aromatic carbocycles. The Labute approximate surface area is 154 Å². The number of hydrogen-bond acceptors (Lipinski definition) is 3. The molecular formula is C20H24N2O2S. The van der Waals surface area contributed by atoms with Crippen LogP contribution in [-0.4, -0.2) is 35.6 Å². The van der Waals surface area contributed by atoms with Crippen LogP contribution < -0.4 is 10.1 Å². The van der Waals surface area contributed by atoms with E-state index in [1.165, 1.54) is 5.56 Å². The number of hydrogen-bond donors (Lipinski definition) is 1. The van der Waals surface area contributed by atoms with Gasteiger partial charge in [0.05, 0.1) is 12.2 Å². The molecule has 5 heteroatoms. The lowest BCUT2D eigenvalue weighted by molar-refractivity contribution is 0.0969. The largest absolute Gasteiger partial charge is 0.492 e. The van der Waals surface area contributed by atoms with E-state index >= 15 is 0 Å². The van der Waals surface area contributed by atoms with E-state index in [4.69, 9.17) is 17.0 Å². The molecule has 132 valence electrons. The predicted molar refractivity (Wildman–Crippen MR) is 105 cm³/mol. The lowest BCUT2D eigenvalue weighted by Gasteiger charge is -2.22. The normalized spacial score (nSPS) is 10.2. The minimum absolute atomic E-state index is 0.243. The zero-order chi connectivity index (χ0) is 18.1. The van der Waals surface area contributed by atoms with Crippen molar-refractivity contribution in [2.75, 3.05) is 19.7 Å². The smallest absolute Gasteiger partial charge is 0.261 e. The number of carbonyl (C=O) groups is 1. The Morgan fingerprint density at radius 3 is 2.36 bits per heavy atom. The summed E-state index contributed by atoms with van der Waals surface area (Å²) in [5.41, 5.74) is 1.69. The van der Waals surface area contributed by atoms with E-state index in [1.807, 2.05) is 49.1 Å². The van der Waals surface area contributed by atoms with Crippen LogP contribution in [0.1, 0.15) is 29.8 Å². The van der Waals surface area contributed by atoms with Crippen molar-refractivity contribution in [1.82, 2.24) is 10.2 Å². The summed E-state index contributed by atoms with van der Waals surface area (Å²) in [6.45, 7) is 6.02. The Morgan fingerprint density at radius 1 is 1.04 bits per heavy atom. The van der Waals surface area contributed by atoms with Crippen LogP contribution in [0.15, 0.2) is 54.6 Å². The van der Waals surface area contributed by atoms with Crippen molar-refractivity contribution >= 4 is 23.2 Å². The van der Waals surface area contributed by atoms with Gasteiger partial charge in [0.15, 0.2) is 5.11 Å². The first-order valence-electron chi connectivity index (χ1n) is 8.51. The van der Waals surface area contributed by atoms with Gasteiger partial charge >= 0.3 is 0 Å². The fourth-order valence-corrected chi connectivity index (χ4v) is 2.81. The molecule has 0 spiro atoms. The quantitative estimate of drug-likeness (QED) is 0.769. The molecular weight excluding hydrogens is 332 g/mol.